The summed E-state index contributed by atoms with van der Waals surface area (Å²) < 4.78 is 5.41. The second-order valence-electron chi connectivity index (χ2n) is 10.6. The van der Waals surface area contributed by atoms with Crippen molar-refractivity contribution < 1.29 is 39.5 Å². The molecule has 1 fully saturated rings. The number of nitrogens with one attached hydrogen (secondary N) is 1. The van der Waals surface area contributed by atoms with Gasteiger partial charge in [0, 0.05) is 37.9 Å². The third-order valence-corrected chi connectivity index (χ3v) is 7.47. The number of carbonyl (C=O) groups is 3. The molecule has 2 heterocycles. The molecule has 12 nitrogen and oxygen atoms in total. The van der Waals surface area contributed by atoms with Gasteiger partial charge in [-0.25, -0.2) is 14.4 Å². The molecule has 13 heteroatoms. The lowest BCUT2D eigenvalue weighted by Crippen LogP contribution is -2.57. The van der Waals surface area contributed by atoms with Crippen molar-refractivity contribution in [1.82, 2.24) is 15.2 Å². The molecule has 7 N–H and O–H groups in total. The minimum Gasteiger partial charge on any atom is -0.450 e. The second kappa shape index (κ2) is 24.2. The first-order valence-electron chi connectivity index (χ1n) is 15.1. The van der Waals surface area contributed by atoms with Crippen LogP contribution in [-0.4, -0.2) is 80.4 Å². The molecule has 260 valence electrons. The number of amides is 1. The van der Waals surface area contributed by atoms with E-state index in [9.17, 15) is 4.79 Å². The number of carboxylic acid groups (broad SMARTS) is 4. The Kier molecular flexibility index (Phi) is 20.7. The van der Waals surface area contributed by atoms with E-state index in [1.54, 1.807) is 11.7 Å². The molecule has 0 atom stereocenters. The van der Waals surface area contributed by atoms with Gasteiger partial charge in [-0.2, -0.15) is 0 Å². The van der Waals surface area contributed by atoms with Gasteiger partial charge in [-0.15, -0.1) is 11.3 Å². The van der Waals surface area contributed by atoms with Crippen LogP contribution in [0, 0.1) is 13.8 Å². The van der Waals surface area contributed by atoms with Crippen LogP contribution >= 0.6 is 11.3 Å². The maximum absolute atomic E-state index is 12.4. The van der Waals surface area contributed by atoms with E-state index in [1.165, 1.54) is 28.0 Å². The summed E-state index contributed by atoms with van der Waals surface area (Å²) in [5.41, 5.74) is 11.0. The molecule has 1 saturated heterocycles. The molecule has 3 aromatic carbocycles. The van der Waals surface area contributed by atoms with E-state index in [4.69, 9.17) is 40.5 Å². The largest absolute Gasteiger partial charge is 0.503 e. The average molecular weight is 683 g/mol. The third kappa shape index (κ3) is 20.9. The number of carbonyl (C=O) groups excluding carboxylic acids is 1. The average Bonchev–Trinajstić information content (AvgIpc) is 3.57. The van der Waals surface area contributed by atoms with E-state index in [2.05, 4.69) is 65.4 Å². The number of ether oxygens (including phenoxy) is 1. The van der Waals surface area contributed by atoms with Crippen molar-refractivity contribution in [3.05, 3.63) is 124 Å². The van der Waals surface area contributed by atoms with E-state index in [1.807, 2.05) is 54.6 Å². The van der Waals surface area contributed by atoms with Crippen LogP contribution in [-0.2, 0) is 17.8 Å². The Labute approximate surface area is 285 Å². The summed E-state index contributed by atoms with van der Waals surface area (Å²) in [6, 6.07) is 30.8. The van der Waals surface area contributed by atoms with Crippen molar-refractivity contribution in [2.75, 3.05) is 26.2 Å². The molecule has 0 spiro atoms. The SMILES string of the molecule is Cc1ccccc1.Cc1ccccc1.NCCN1CCC(Cc2ccccc2)(NC(=O)OCc2cncs2)CC1.O=C(O)O.O=C(O)O. The van der Waals surface area contributed by atoms with Crippen LogP contribution < -0.4 is 11.1 Å². The molecule has 48 heavy (non-hydrogen) atoms. The fourth-order valence-corrected chi connectivity index (χ4v) is 5.00. The van der Waals surface area contributed by atoms with Crippen LogP contribution in [0.5, 0.6) is 0 Å². The van der Waals surface area contributed by atoms with Crippen LogP contribution in [0.15, 0.2) is 103 Å². The number of aryl methyl sites for hydroxylation is 2. The number of nitrogens with two attached hydrogens (primary N) is 1. The highest BCUT2D eigenvalue weighted by atomic mass is 32.1. The van der Waals surface area contributed by atoms with Crippen molar-refractivity contribution in [2.45, 2.75) is 45.3 Å². The molecule has 1 aromatic heterocycles. The Balaban J connectivity index is 0.000000420. The summed E-state index contributed by atoms with van der Waals surface area (Å²) in [6.07, 6.45) is 0.277. The fourth-order valence-electron chi connectivity index (χ4n) is 4.49. The topological polar surface area (TPSA) is 196 Å². The fraction of sp³-hybridized carbons (Fsp3) is 0.314. The zero-order chi connectivity index (χ0) is 35.6. The number of rotatable bonds is 7. The number of aromatic nitrogens is 1. The van der Waals surface area contributed by atoms with Crippen LogP contribution in [0.4, 0.5) is 14.4 Å². The zero-order valence-electron chi connectivity index (χ0n) is 27.3. The number of likely N-dealkylation sites (tertiary alicyclic amines) is 1. The Morgan fingerprint density at radius 3 is 1.67 bits per heavy atom. The lowest BCUT2D eigenvalue weighted by atomic mass is 9.82. The van der Waals surface area contributed by atoms with Gasteiger partial charge >= 0.3 is 18.4 Å². The van der Waals surface area contributed by atoms with Gasteiger partial charge in [0.15, 0.2) is 0 Å². The van der Waals surface area contributed by atoms with E-state index >= 15 is 0 Å². The molecular weight excluding hydrogens is 636 g/mol. The number of piperidine rings is 1. The number of nitrogens with zero attached hydrogens (tertiary/aromatic N) is 2. The molecule has 0 unspecified atom stereocenters. The summed E-state index contributed by atoms with van der Waals surface area (Å²) in [6.45, 7) is 7.85. The predicted molar refractivity (Wildman–Crippen MR) is 187 cm³/mol. The highest BCUT2D eigenvalue weighted by Crippen LogP contribution is 2.27. The van der Waals surface area contributed by atoms with Crippen LogP contribution in [0.1, 0.15) is 34.4 Å². The molecule has 0 saturated carbocycles. The molecule has 5 rings (SSSR count). The number of hydrogen-bond acceptors (Lipinski definition) is 8. The van der Waals surface area contributed by atoms with Gasteiger partial charge in [-0.1, -0.05) is 102 Å². The number of alkyl carbamates (subject to hydrolysis) is 1. The summed E-state index contributed by atoms with van der Waals surface area (Å²) in [4.78, 5) is 36.8. The molecule has 1 amide bonds. The molecule has 1 aliphatic rings. The van der Waals surface area contributed by atoms with Crippen LogP contribution in [0.3, 0.4) is 0 Å². The second-order valence-corrected chi connectivity index (χ2v) is 11.6. The summed E-state index contributed by atoms with van der Waals surface area (Å²) >= 11 is 1.48. The monoisotopic (exact) mass is 682 g/mol. The van der Waals surface area contributed by atoms with E-state index in [0.29, 0.717) is 6.54 Å². The number of hydrogen-bond donors (Lipinski definition) is 6. The van der Waals surface area contributed by atoms with Gasteiger partial charge in [0.2, 0.25) is 0 Å². The smallest absolute Gasteiger partial charge is 0.450 e. The first-order valence-corrected chi connectivity index (χ1v) is 16.0. The standard InChI is InChI=1S/C19H26N4O2S.2C7H8.2CH2O3/c20-8-11-23-9-6-19(7-10-23,12-16-4-2-1-3-5-16)22-18(24)25-14-17-13-21-15-26-17;2*1-7-5-3-2-4-6-7;2*2-1(3)4/h1-5,13,15H,6-12,14,20H2,(H,22,24);2*2-6H,1H3;2*(H2,2,3,4). The summed E-state index contributed by atoms with van der Waals surface area (Å²) in [5, 5.41) is 31.1. The van der Waals surface area contributed by atoms with Crippen molar-refractivity contribution in [3.8, 4) is 0 Å². The highest BCUT2D eigenvalue weighted by Gasteiger charge is 2.36. The highest BCUT2D eigenvalue weighted by molar-refractivity contribution is 7.09. The van der Waals surface area contributed by atoms with Crippen molar-refractivity contribution in [1.29, 1.82) is 0 Å². The molecule has 0 bridgehead atoms. The van der Waals surface area contributed by atoms with Crippen molar-refractivity contribution in [3.63, 3.8) is 0 Å². The van der Waals surface area contributed by atoms with Crippen LogP contribution in [0.2, 0.25) is 0 Å². The van der Waals surface area contributed by atoms with Crippen molar-refractivity contribution in [2.24, 2.45) is 5.73 Å². The quantitative estimate of drug-likeness (QED) is 0.119. The van der Waals surface area contributed by atoms with Gasteiger partial charge in [0.1, 0.15) is 6.61 Å². The molecule has 0 aliphatic carbocycles. The Bertz CT molecular complexity index is 1350. The lowest BCUT2D eigenvalue weighted by Gasteiger charge is -2.42. The van der Waals surface area contributed by atoms with Gasteiger partial charge in [0.25, 0.3) is 0 Å². The Hall–Kier alpha value is -4.98. The number of benzene rings is 3. The molecule has 4 aromatic rings. The van der Waals surface area contributed by atoms with Gasteiger partial charge in [0.05, 0.1) is 10.4 Å². The number of thiazole rings is 1. The summed E-state index contributed by atoms with van der Waals surface area (Å²) in [5.74, 6) is 0. The summed E-state index contributed by atoms with van der Waals surface area (Å²) in [7, 11) is 0. The molecule has 1 aliphatic heterocycles. The molecule has 0 radical (unpaired) electrons. The first kappa shape index (κ1) is 41.0. The predicted octanol–water partition coefficient (Wildman–Crippen LogP) is 6.84. The van der Waals surface area contributed by atoms with E-state index in [-0.39, 0.29) is 18.2 Å². The van der Waals surface area contributed by atoms with E-state index < -0.39 is 12.3 Å². The van der Waals surface area contributed by atoms with Crippen molar-refractivity contribution >= 4 is 29.7 Å². The van der Waals surface area contributed by atoms with E-state index in [0.717, 1.165) is 43.8 Å². The van der Waals surface area contributed by atoms with Gasteiger partial charge in [-0.05, 0) is 38.7 Å². The minimum absolute atomic E-state index is 0.261. The zero-order valence-corrected chi connectivity index (χ0v) is 28.1. The minimum atomic E-state index is -1.83. The maximum Gasteiger partial charge on any atom is 0.503 e. The maximum atomic E-state index is 12.4. The van der Waals surface area contributed by atoms with Crippen LogP contribution in [0.25, 0.3) is 0 Å². The first-order chi connectivity index (χ1) is 22.9. The normalized spacial score (nSPS) is 12.7. The Morgan fingerprint density at radius 2 is 1.29 bits per heavy atom. The van der Waals surface area contributed by atoms with Gasteiger partial charge in [-0.3, -0.25) is 4.98 Å². The molecular formula is C35H46N4O8S. The lowest BCUT2D eigenvalue weighted by molar-refractivity contribution is 0.0999. The Morgan fingerprint density at radius 1 is 0.833 bits per heavy atom. The third-order valence-electron chi connectivity index (χ3n) is 6.72. The van der Waals surface area contributed by atoms with Gasteiger partial charge < -0.3 is 41.1 Å².